The van der Waals surface area contributed by atoms with E-state index in [1.54, 1.807) is 14.0 Å². The monoisotopic (exact) mass is 188 g/mol. The molecule has 0 saturated carbocycles. The van der Waals surface area contributed by atoms with E-state index in [1.165, 1.54) is 0 Å². The van der Waals surface area contributed by atoms with Gasteiger partial charge in [0.1, 0.15) is 0 Å². The Morgan fingerprint density at radius 3 is 2.23 bits per heavy atom. The Morgan fingerprint density at radius 2 is 1.92 bits per heavy atom. The smallest absolute Gasteiger partial charge is 0.237 e. The minimum Gasteiger partial charge on any atom is -0.394 e. The van der Waals surface area contributed by atoms with E-state index in [1.807, 2.05) is 13.8 Å². The summed E-state index contributed by atoms with van der Waals surface area (Å²) in [6, 6.07) is -0.365. The standard InChI is InChI=1S/C9H20N2O2/c1-6(2)8(5-12)11-9(13)7(3)10-4/h6-8,10,12H,5H2,1-4H3,(H,11,13)/t7?,8-/m1/s1. The van der Waals surface area contributed by atoms with E-state index >= 15 is 0 Å². The zero-order chi connectivity index (χ0) is 10.4. The first-order chi connectivity index (χ1) is 6.02. The minimum absolute atomic E-state index is 0.0140. The van der Waals surface area contributed by atoms with Crippen LogP contribution in [0.3, 0.4) is 0 Å². The maximum atomic E-state index is 11.4. The number of carbonyl (C=O) groups excluding carboxylic acids is 1. The van der Waals surface area contributed by atoms with Gasteiger partial charge in [-0.2, -0.15) is 0 Å². The number of amides is 1. The first-order valence-electron chi connectivity index (χ1n) is 4.61. The lowest BCUT2D eigenvalue weighted by Crippen LogP contribution is -2.48. The zero-order valence-electron chi connectivity index (χ0n) is 8.79. The average molecular weight is 188 g/mol. The molecule has 0 saturated heterocycles. The van der Waals surface area contributed by atoms with Gasteiger partial charge in [-0.25, -0.2) is 0 Å². The molecular formula is C9H20N2O2. The number of carbonyl (C=O) groups is 1. The first-order valence-corrected chi connectivity index (χ1v) is 4.61. The van der Waals surface area contributed by atoms with Gasteiger partial charge in [-0.1, -0.05) is 13.8 Å². The molecule has 0 aliphatic rings. The van der Waals surface area contributed by atoms with E-state index in [0.29, 0.717) is 0 Å². The molecule has 0 spiro atoms. The topological polar surface area (TPSA) is 61.4 Å². The fourth-order valence-electron chi connectivity index (χ4n) is 0.862. The van der Waals surface area contributed by atoms with Crippen molar-refractivity contribution >= 4 is 5.91 Å². The van der Waals surface area contributed by atoms with Gasteiger partial charge in [0.05, 0.1) is 18.7 Å². The van der Waals surface area contributed by atoms with E-state index in [0.717, 1.165) is 0 Å². The summed E-state index contributed by atoms with van der Waals surface area (Å²) in [4.78, 5) is 11.4. The van der Waals surface area contributed by atoms with Crippen LogP contribution in [0.4, 0.5) is 0 Å². The van der Waals surface area contributed by atoms with Gasteiger partial charge < -0.3 is 15.7 Å². The molecular weight excluding hydrogens is 168 g/mol. The maximum Gasteiger partial charge on any atom is 0.237 e. The van der Waals surface area contributed by atoms with Gasteiger partial charge in [0.15, 0.2) is 0 Å². The third kappa shape index (κ3) is 4.24. The molecule has 0 aromatic heterocycles. The maximum absolute atomic E-state index is 11.4. The molecule has 0 rings (SSSR count). The Balaban J connectivity index is 4.01. The highest BCUT2D eigenvalue weighted by Gasteiger charge is 2.17. The van der Waals surface area contributed by atoms with Crippen molar-refractivity contribution in [2.24, 2.45) is 5.92 Å². The quantitative estimate of drug-likeness (QED) is 0.556. The van der Waals surface area contributed by atoms with Gasteiger partial charge in [0, 0.05) is 0 Å². The summed E-state index contributed by atoms with van der Waals surface area (Å²) in [7, 11) is 1.73. The molecule has 4 nitrogen and oxygen atoms in total. The Labute approximate surface area is 79.7 Å². The molecule has 78 valence electrons. The molecule has 4 heteroatoms. The van der Waals surface area contributed by atoms with Crippen molar-refractivity contribution in [3.05, 3.63) is 0 Å². The second kappa shape index (κ2) is 5.94. The van der Waals surface area contributed by atoms with Crippen LogP contribution in [0.5, 0.6) is 0 Å². The molecule has 0 radical (unpaired) electrons. The van der Waals surface area contributed by atoms with Gasteiger partial charge in [0.25, 0.3) is 0 Å². The predicted octanol–water partition coefficient (Wildman–Crippen LogP) is -0.273. The number of aliphatic hydroxyl groups excluding tert-OH is 1. The van der Waals surface area contributed by atoms with Crippen molar-refractivity contribution in [3.63, 3.8) is 0 Å². The molecule has 3 N–H and O–H groups in total. The summed E-state index contributed by atoms with van der Waals surface area (Å²) in [6.07, 6.45) is 0. The van der Waals surface area contributed by atoms with Gasteiger partial charge >= 0.3 is 0 Å². The molecule has 0 aliphatic carbocycles. The summed E-state index contributed by atoms with van der Waals surface area (Å²) in [5.41, 5.74) is 0. The van der Waals surface area contributed by atoms with Crippen LogP contribution >= 0.6 is 0 Å². The highest BCUT2D eigenvalue weighted by atomic mass is 16.3. The van der Waals surface area contributed by atoms with Crippen molar-refractivity contribution in [2.75, 3.05) is 13.7 Å². The average Bonchev–Trinajstić information content (AvgIpc) is 2.11. The van der Waals surface area contributed by atoms with Crippen molar-refractivity contribution in [1.29, 1.82) is 0 Å². The predicted molar refractivity (Wildman–Crippen MR) is 52.4 cm³/mol. The van der Waals surface area contributed by atoms with E-state index in [9.17, 15) is 4.79 Å². The lowest BCUT2D eigenvalue weighted by atomic mass is 10.1. The van der Waals surface area contributed by atoms with Crippen LogP contribution in [0.25, 0.3) is 0 Å². The van der Waals surface area contributed by atoms with Crippen molar-refractivity contribution in [1.82, 2.24) is 10.6 Å². The minimum atomic E-state index is -0.215. The summed E-state index contributed by atoms with van der Waals surface area (Å²) in [6.45, 7) is 5.69. The lowest BCUT2D eigenvalue weighted by Gasteiger charge is -2.21. The second-order valence-corrected chi connectivity index (χ2v) is 3.55. The van der Waals surface area contributed by atoms with Crippen LogP contribution in [0.1, 0.15) is 20.8 Å². The highest BCUT2D eigenvalue weighted by molar-refractivity contribution is 5.81. The van der Waals surface area contributed by atoms with Crippen LogP contribution < -0.4 is 10.6 Å². The third-order valence-electron chi connectivity index (χ3n) is 2.16. The molecule has 0 heterocycles. The van der Waals surface area contributed by atoms with Crippen LogP contribution in [0.15, 0.2) is 0 Å². The molecule has 2 atom stereocenters. The number of likely N-dealkylation sites (N-methyl/N-ethyl adjacent to an activating group) is 1. The molecule has 1 amide bonds. The summed E-state index contributed by atoms with van der Waals surface area (Å²) >= 11 is 0. The fraction of sp³-hybridized carbons (Fsp3) is 0.889. The van der Waals surface area contributed by atoms with Gasteiger partial charge in [-0.3, -0.25) is 4.79 Å². The van der Waals surface area contributed by atoms with Crippen molar-refractivity contribution in [3.8, 4) is 0 Å². The number of rotatable bonds is 5. The molecule has 0 aliphatic heterocycles. The van der Waals surface area contributed by atoms with Crippen LogP contribution in [0, 0.1) is 5.92 Å². The molecule has 0 bridgehead atoms. The van der Waals surface area contributed by atoms with E-state index < -0.39 is 0 Å². The highest BCUT2D eigenvalue weighted by Crippen LogP contribution is 2.00. The van der Waals surface area contributed by atoms with Gasteiger partial charge in [0.2, 0.25) is 5.91 Å². The summed E-state index contributed by atoms with van der Waals surface area (Å²) in [5, 5.41) is 14.6. The summed E-state index contributed by atoms with van der Waals surface area (Å²) in [5.74, 6) is 0.174. The second-order valence-electron chi connectivity index (χ2n) is 3.55. The van der Waals surface area contributed by atoms with Crippen molar-refractivity contribution in [2.45, 2.75) is 32.9 Å². The van der Waals surface area contributed by atoms with E-state index in [-0.39, 0.29) is 30.5 Å². The van der Waals surface area contributed by atoms with Crippen LogP contribution in [0.2, 0.25) is 0 Å². The number of nitrogens with one attached hydrogen (secondary N) is 2. The Hall–Kier alpha value is -0.610. The van der Waals surface area contributed by atoms with E-state index in [4.69, 9.17) is 5.11 Å². The Kier molecular flexibility index (Phi) is 5.66. The van der Waals surface area contributed by atoms with Crippen LogP contribution in [-0.2, 0) is 4.79 Å². The number of aliphatic hydroxyl groups is 1. The van der Waals surface area contributed by atoms with Crippen molar-refractivity contribution < 1.29 is 9.90 Å². The van der Waals surface area contributed by atoms with Gasteiger partial charge in [-0.15, -0.1) is 0 Å². The lowest BCUT2D eigenvalue weighted by molar-refractivity contribution is -0.124. The zero-order valence-corrected chi connectivity index (χ0v) is 8.79. The first kappa shape index (κ1) is 12.4. The third-order valence-corrected chi connectivity index (χ3v) is 2.16. The molecule has 0 fully saturated rings. The SMILES string of the molecule is CNC(C)C(=O)N[C@H](CO)C(C)C. The fourth-order valence-corrected chi connectivity index (χ4v) is 0.862. The number of hydrogen-bond acceptors (Lipinski definition) is 3. The molecule has 13 heavy (non-hydrogen) atoms. The summed E-state index contributed by atoms with van der Waals surface area (Å²) < 4.78 is 0. The van der Waals surface area contributed by atoms with Gasteiger partial charge in [-0.05, 0) is 19.9 Å². The normalized spacial score (nSPS) is 15.5. The van der Waals surface area contributed by atoms with Crippen LogP contribution in [-0.4, -0.2) is 36.8 Å². The molecule has 0 aromatic carbocycles. The Bertz CT molecular complexity index is 160. The van der Waals surface area contributed by atoms with E-state index in [2.05, 4.69) is 10.6 Å². The Morgan fingerprint density at radius 1 is 1.38 bits per heavy atom. The molecule has 0 aromatic rings. The molecule has 1 unspecified atom stereocenters. The number of hydrogen-bond donors (Lipinski definition) is 3. The largest absolute Gasteiger partial charge is 0.394 e.